The Balaban J connectivity index is 2.53. The minimum absolute atomic E-state index is 0.0690. The van der Waals surface area contributed by atoms with E-state index in [1.807, 2.05) is 0 Å². The van der Waals surface area contributed by atoms with Crippen molar-refractivity contribution >= 4 is 33.7 Å². The van der Waals surface area contributed by atoms with Gasteiger partial charge in [-0.1, -0.05) is 54.6 Å². The van der Waals surface area contributed by atoms with Gasteiger partial charge in [0.15, 0.2) is 19.4 Å². The van der Waals surface area contributed by atoms with Crippen molar-refractivity contribution in [2.75, 3.05) is 4.98 Å². The molecule has 2 aromatic heterocycles. The molecule has 0 aliphatic heterocycles. The molecule has 144 valence electrons. The summed E-state index contributed by atoms with van der Waals surface area (Å²) < 4.78 is 6.48. The molecule has 0 amide bonds. The molecule has 2 aromatic rings. The quantitative estimate of drug-likeness (QED) is 0.720. The van der Waals surface area contributed by atoms with Crippen LogP contribution in [0.4, 0.5) is 5.95 Å². The van der Waals surface area contributed by atoms with E-state index in [1.165, 1.54) is 0 Å². The molecule has 0 aliphatic carbocycles. The molecule has 0 atom stereocenters. The molecule has 2 heterocycles. The molecule has 8 heteroatoms. The van der Waals surface area contributed by atoms with Gasteiger partial charge in [0.1, 0.15) is 0 Å². The average Bonchev–Trinajstić information content (AvgIpc) is 2.44. The Morgan fingerprint density at radius 3 is 1.96 bits per heavy atom. The summed E-state index contributed by atoms with van der Waals surface area (Å²) in [6.07, 6.45) is 3.31. The Morgan fingerprint density at radius 2 is 1.42 bits per heavy atom. The lowest BCUT2D eigenvalue weighted by molar-refractivity contribution is 0.480. The van der Waals surface area contributed by atoms with Crippen LogP contribution < -0.4 is 9.41 Å². The normalized spacial score (nSPS) is 13.8. The van der Waals surface area contributed by atoms with Crippen molar-refractivity contribution in [1.29, 1.82) is 0 Å². The van der Waals surface area contributed by atoms with Crippen LogP contribution in [0.1, 0.15) is 41.5 Å². The molecule has 0 aliphatic rings. The van der Waals surface area contributed by atoms with Crippen molar-refractivity contribution in [2.24, 2.45) is 0 Å². The molecule has 2 rings (SSSR count). The lowest BCUT2D eigenvalue weighted by Gasteiger charge is -2.38. The molecule has 0 aromatic carbocycles. The molecule has 0 unspecified atom stereocenters. The monoisotopic (exact) mass is 391 g/mol. The first kappa shape index (κ1) is 20.8. The smallest absolute Gasteiger partial charge is 0.252 e. The van der Waals surface area contributed by atoms with Gasteiger partial charge in [0.25, 0.3) is 8.32 Å². The van der Waals surface area contributed by atoms with Crippen molar-refractivity contribution < 1.29 is 4.43 Å². The highest BCUT2D eigenvalue weighted by Gasteiger charge is 2.40. The summed E-state index contributed by atoms with van der Waals surface area (Å²) in [6, 6.07) is 0. The molecule has 0 radical (unpaired) electrons. The number of aromatic nitrogens is 4. The predicted molar refractivity (Wildman–Crippen MR) is 114 cm³/mol. The molecule has 26 heavy (non-hydrogen) atoms. The molecule has 0 saturated heterocycles. The molecular formula is C18H33N5OSi2. The topological polar surface area (TPSA) is 72.8 Å². The first-order valence-electron chi connectivity index (χ1n) is 9.10. The Labute approximate surface area is 159 Å². The molecule has 0 spiro atoms. The second-order valence-electron chi connectivity index (χ2n) is 9.94. The molecular weight excluding hydrogens is 358 g/mol. The van der Waals surface area contributed by atoms with E-state index < -0.39 is 16.6 Å². The first-order valence-corrected chi connectivity index (χ1v) is 15.0. The maximum atomic E-state index is 6.48. The van der Waals surface area contributed by atoms with Crippen molar-refractivity contribution in [3.05, 3.63) is 12.4 Å². The highest BCUT2D eigenvalue weighted by molar-refractivity contribution is 6.82. The van der Waals surface area contributed by atoms with E-state index >= 15 is 0 Å². The van der Waals surface area contributed by atoms with Crippen LogP contribution >= 0.6 is 0 Å². The van der Waals surface area contributed by atoms with Crippen LogP contribution in [0, 0.1) is 0 Å². The largest absolute Gasteiger partial charge is 0.529 e. The second-order valence-corrected chi connectivity index (χ2v) is 19.7. The van der Waals surface area contributed by atoms with E-state index in [0.717, 1.165) is 0 Å². The van der Waals surface area contributed by atoms with Gasteiger partial charge < -0.3 is 9.41 Å². The Bertz CT molecular complexity index is 794. The fraction of sp³-hybridized carbons (Fsp3) is 0.667. The maximum absolute atomic E-state index is 6.48. The van der Waals surface area contributed by atoms with Gasteiger partial charge in [0, 0.05) is 12.4 Å². The highest BCUT2D eigenvalue weighted by atomic mass is 28.4. The molecule has 1 N–H and O–H groups in total. The van der Waals surface area contributed by atoms with E-state index in [-0.39, 0.29) is 10.1 Å². The van der Waals surface area contributed by atoms with Crippen molar-refractivity contribution in [2.45, 2.75) is 77.8 Å². The van der Waals surface area contributed by atoms with Gasteiger partial charge in [-0.2, -0.15) is 9.97 Å². The van der Waals surface area contributed by atoms with Gasteiger partial charge in [0.05, 0.1) is 0 Å². The van der Waals surface area contributed by atoms with Gasteiger partial charge in [-0.3, -0.25) is 0 Å². The highest BCUT2D eigenvalue weighted by Crippen LogP contribution is 2.39. The van der Waals surface area contributed by atoms with Crippen LogP contribution in [0.25, 0.3) is 11.2 Å². The van der Waals surface area contributed by atoms with E-state index in [1.54, 1.807) is 12.4 Å². The fourth-order valence-corrected chi connectivity index (χ4v) is 3.80. The molecule has 0 saturated carbocycles. The van der Waals surface area contributed by atoms with Crippen LogP contribution in [0.15, 0.2) is 12.4 Å². The zero-order chi connectivity index (χ0) is 20.0. The van der Waals surface area contributed by atoms with Gasteiger partial charge in [-0.25, -0.2) is 9.97 Å². The number of hydrogen-bond acceptors (Lipinski definition) is 6. The SMILES string of the molecule is CC(C)(C)[Si](C)(C)Nc1nc(O[Si](C)(C)C(C)(C)C)c2nccnc2n1. The third kappa shape index (κ3) is 4.23. The number of nitrogens with zero attached hydrogens (tertiary/aromatic N) is 4. The summed E-state index contributed by atoms with van der Waals surface area (Å²) in [6.45, 7) is 22.4. The van der Waals surface area contributed by atoms with Gasteiger partial charge >= 0.3 is 0 Å². The van der Waals surface area contributed by atoms with Gasteiger partial charge in [-0.15, -0.1) is 0 Å². The second kappa shape index (κ2) is 6.56. The Morgan fingerprint density at radius 1 is 0.846 bits per heavy atom. The summed E-state index contributed by atoms with van der Waals surface area (Å²) in [7, 11) is -3.87. The number of nitrogens with one attached hydrogen (secondary N) is 1. The summed E-state index contributed by atoms with van der Waals surface area (Å²) in [4.78, 5) is 21.7. The van der Waals surface area contributed by atoms with Crippen LogP contribution in [-0.4, -0.2) is 36.5 Å². The zero-order valence-corrected chi connectivity index (χ0v) is 19.9. The van der Waals surface area contributed by atoms with Gasteiger partial charge in [-0.05, 0) is 23.2 Å². The molecule has 0 fully saturated rings. The lowest BCUT2D eigenvalue weighted by atomic mass is 10.2. The number of hydrogen-bond donors (Lipinski definition) is 1. The fourth-order valence-electron chi connectivity index (χ4n) is 1.83. The van der Waals surface area contributed by atoms with Crippen LogP contribution in [0.2, 0.25) is 36.3 Å². The third-order valence-electron chi connectivity index (χ3n) is 5.76. The van der Waals surface area contributed by atoms with E-state index in [4.69, 9.17) is 9.41 Å². The van der Waals surface area contributed by atoms with Crippen LogP contribution in [0.3, 0.4) is 0 Å². The van der Waals surface area contributed by atoms with Crippen molar-refractivity contribution in [3.63, 3.8) is 0 Å². The van der Waals surface area contributed by atoms with E-state index in [2.05, 4.69) is 87.7 Å². The van der Waals surface area contributed by atoms with E-state index in [9.17, 15) is 0 Å². The van der Waals surface area contributed by atoms with Crippen molar-refractivity contribution in [3.8, 4) is 5.88 Å². The average molecular weight is 392 g/mol. The third-order valence-corrected chi connectivity index (χ3v) is 14.7. The summed E-state index contributed by atoms with van der Waals surface area (Å²) >= 11 is 0. The number of fused-ring (bicyclic) bond motifs is 1. The van der Waals surface area contributed by atoms with E-state index in [0.29, 0.717) is 23.0 Å². The minimum Gasteiger partial charge on any atom is -0.529 e. The number of anilines is 1. The standard InChI is InChI=1S/C18H33N5OSi2/c1-17(2,3)25(7,8)23-16-21-14-13(19-11-12-20-14)15(22-16)24-26(9,10)18(4,5)6/h11-12H,1-10H3,(H,20,21,22,23). The Hall–Kier alpha value is -1.55. The predicted octanol–water partition coefficient (Wildman–Crippen LogP) is 5.22. The minimum atomic E-state index is -2.06. The van der Waals surface area contributed by atoms with Crippen LogP contribution in [-0.2, 0) is 0 Å². The molecule has 6 nitrogen and oxygen atoms in total. The number of rotatable bonds is 4. The lowest BCUT2D eigenvalue weighted by Crippen LogP contribution is -2.46. The van der Waals surface area contributed by atoms with Crippen LogP contribution in [0.5, 0.6) is 5.88 Å². The molecule has 0 bridgehead atoms. The first-order chi connectivity index (χ1) is 11.6. The summed E-state index contributed by atoms with van der Waals surface area (Å²) in [5.41, 5.74) is 1.19. The van der Waals surface area contributed by atoms with Gasteiger partial charge in [0.2, 0.25) is 11.8 Å². The Kier molecular flexibility index (Phi) is 5.24. The zero-order valence-electron chi connectivity index (χ0n) is 17.9. The maximum Gasteiger partial charge on any atom is 0.252 e. The summed E-state index contributed by atoms with van der Waals surface area (Å²) in [5, 5.41) is 0.230. The summed E-state index contributed by atoms with van der Waals surface area (Å²) in [5.74, 6) is 1.12. The van der Waals surface area contributed by atoms with Crippen molar-refractivity contribution in [1.82, 2.24) is 19.9 Å².